The molecule has 0 radical (unpaired) electrons. The van der Waals surface area contributed by atoms with Gasteiger partial charge in [0.25, 0.3) is 0 Å². The van der Waals surface area contributed by atoms with Crippen molar-refractivity contribution in [2.75, 3.05) is 0 Å². The minimum Gasteiger partial charge on any atom is -0.326 e. The maximum atomic E-state index is 5.59. The second-order valence-corrected chi connectivity index (χ2v) is 5.59. The molecule has 1 aromatic heterocycles. The Kier molecular flexibility index (Phi) is 3.99. The van der Waals surface area contributed by atoms with E-state index < -0.39 is 0 Å². The molecule has 16 heavy (non-hydrogen) atoms. The first-order chi connectivity index (χ1) is 7.69. The molecule has 2 N–H and O–H groups in total. The molecule has 1 aromatic carbocycles. The normalized spacial score (nSPS) is 10.7. The van der Waals surface area contributed by atoms with Crippen LogP contribution in [0, 0.1) is 3.57 Å². The van der Waals surface area contributed by atoms with Crippen LogP contribution in [0.15, 0.2) is 35.1 Å². The summed E-state index contributed by atoms with van der Waals surface area (Å²) in [6, 6.07) is 6.19. The molecule has 84 valence electrons. The zero-order valence-corrected chi connectivity index (χ0v) is 12.3. The molecule has 0 fully saturated rings. The lowest BCUT2D eigenvalue weighted by molar-refractivity contribution is 0.684. The predicted octanol–water partition coefficient (Wildman–Crippen LogP) is 2.76. The maximum Gasteiger partial charge on any atom is 0.0670 e. The minimum absolute atomic E-state index is 0.568. The molecule has 2 aromatic rings. The minimum atomic E-state index is 0.568. The van der Waals surface area contributed by atoms with Crippen molar-refractivity contribution in [2.45, 2.75) is 13.1 Å². The quantitative estimate of drug-likeness (QED) is 0.817. The van der Waals surface area contributed by atoms with Crippen molar-refractivity contribution in [3.8, 4) is 0 Å². The van der Waals surface area contributed by atoms with Crippen LogP contribution in [0.4, 0.5) is 0 Å². The number of nitrogens with two attached hydrogens (primary N) is 1. The number of hydrogen-bond donors (Lipinski definition) is 1. The molecule has 0 atom stereocenters. The van der Waals surface area contributed by atoms with Gasteiger partial charge in [-0.2, -0.15) is 5.10 Å². The van der Waals surface area contributed by atoms with Gasteiger partial charge in [0.05, 0.1) is 16.3 Å². The lowest BCUT2D eigenvalue weighted by Crippen LogP contribution is -2.02. The van der Waals surface area contributed by atoms with E-state index in [1.165, 1.54) is 5.56 Å². The molecule has 5 heteroatoms. The van der Waals surface area contributed by atoms with Gasteiger partial charge in [-0.05, 0) is 39.8 Å². The van der Waals surface area contributed by atoms with Gasteiger partial charge in [0.2, 0.25) is 0 Å². The smallest absolute Gasteiger partial charge is 0.0670 e. The van der Waals surface area contributed by atoms with E-state index in [9.17, 15) is 0 Å². The number of rotatable bonds is 3. The molecule has 0 bridgehead atoms. The van der Waals surface area contributed by atoms with Crippen molar-refractivity contribution < 1.29 is 0 Å². The molecular weight excluding hydrogens is 381 g/mol. The Labute approximate surface area is 116 Å². The summed E-state index contributed by atoms with van der Waals surface area (Å²) in [7, 11) is 0. The average molecular weight is 392 g/mol. The fraction of sp³-hybridized carbons (Fsp3) is 0.182. The third-order valence-electron chi connectivity index (χ3n) is 2.29. The number of aromatic nitrogens is 2. The zero-order valence-electron chi connectivity index (χ0n) is 8.53. The Morgan fingerprint density at radius 3 is 2.81 bits per heavy atom. The van der Waals surface area contributed by atoms with E-state index in [1.54, 1.807) is 0 Å². The van der Waals surface area contributed by atoms with Crippen LogP contribution in [-0.2, 0) is 13.1 Å². The summed E-state index contributed by atoms with van der Waals surface area (Å²) in [5.41, 5.74) is 7.92. The van der Waals surface area contributed by atoms with Gasteiger partial charge in [0.15, 0.2) is 0 Å². The number of benzene rings is 1. The largest absolute Gasteiger partial charge is 0.326 e. The van der Waals surface area contributed by atoms with E-state index in [4.69, 9.17) is 5.73 Å². The van der Waals surface area contributed by atoms with Gasteiger partial charge < -0.3 is 5.73 Å². The van der Waals surface area contributed by atoms with Crippen LogP contribution in [0.1, 0.15) is 11.1 Å². The van der Waals surface area contributed by atoms with Crippen LogP contribution in [0.3, 0.4) is 0 Å². The molecule has 0 unspecified atom stereocenters. The van der Waals surface area contributed by atoms with Crippen molar-refractivity contribution in [3.63, 3.8) is 0 Å². The highest BCUT2D eigenvalue weighted by Crippen LogP contribution is 2.19. The van der Waals surface area contributed by atoms with E-state index >= 15 is 0 Å². The molecule has 0 spiro atoms. The molecule has 0 saturated carbocycles. The second kappa shape index (κ2) is 5.29. The van der Waals surface area contributed by atoms with Crippen molar-refractivity contribution >= 4 is 38.5 Å². The Bertz CT molecular complexity index is 496. The van der Waals surface area contributed by atoms with Gasteiger partial charge in [-0.1, -0.05) is 28.1 Å². The Morgan fingerprint density at radius 2 is 2.25 bits per heavy atom. The van der Waals surface area contributed by atoms with Gasteiger partial charge in [-0.3, -0.25) is 4.68 Å². The third kappa shape index (κ3) is 2.83. The van der Waals surface area contributed by atoms with Crippen LogP contribution in [0.2, 0.25) is 0 Å². The number of halogens is 2. The van der Waals surface area contributed by atoms with Gasteiger partial charge in [-0.25, -0.2) is 0 Å². The molecule has 0 saturated heterocycles. The zero-order chi connectivity index (χ0) is 11.5. The first-order valence-corrected chi connectivity index (χ1v) is 6.71. The Morgan fingerprint density at radius 1 is 1.44 bits per heavy atom. The third-order valence-corrected chi connectivity index (χ3v) is 3.58. The number of nitrogens with zero attached hydrogens (tertiary/aromatic N) is 2. The highest BCUT2D eigenvalue weighted by Gasteiger charge is 2.03. The van der Waals surface area contributed by atoms with E-state index in [0.29, 0.717) is 6.54 Å². The lowest BCUT2D eigenvalue weighted by atomic mass is 10.1. The fourth-order valence-corrected chi connectivity index (χ4v) is 2.44. The molecule has 0 aliphatic carbocycles. The first kappa shape index (κ1) is 12.1. The molecule has 3 nitrogen and oxygen atoms in total. The van der Waals surface area contributed by atoms with Gasteiger partial charge in [-0.15, -0.1) is 0 Å². The summed E-state index contributed by atoms with van der Waals surface area (Å²) in [6.45, 7) is 1.34. The standard InChI is InChI=1S/C11H11BrIN3/c12-11-3-8(4-14)1-2-9(11)6-16-7-10(13)5-15-16/h1-3,5,7H,4,6,14H2. The molecule has 2 rings (SSSR count). The van der Waals surface area contributed by atoms with Crippen molar-refractivity contribution in [1.29, 1.82) is 0 Å². The summed E-state index contributed by atoms with van der Waals surface area (Å²) in [5.74, 6) is 0. The summed E-state index contributed by atoms with van der Waals surface area (Å²) < 4.78 is 4.15. The molecule has 1 heterocycles. The fourth-order valence-electron chi connectivity index (χ4n) is 1.45. The first-order valence-electron chi connectivity index (χ1n) is 4.84. The van der Waals surface area contributed by atoms with Crippen molar-refractivity contribution in [3.05, 3.63) is 49.8 Å². The van der Waals surface area contributed by atoms with Crippen LogP contribution >= 0.6 is 38.5 Å². The van der Waals surface area contributed by atoms with E-state index in [0.717, 1.165) is 20.2 Å². The monoisotopic (exact) mass is 391 g/mol. The van der Waals surface area contributed by atoms with E-state index in [-0.39, 0.29) is 0 Å². The van der Waals surface area contributed by atoms with Crippen molar-refractivity contribution in [2.24, 2.45) is 5.73 Å². The SMILES string of the molecule is NCc1ccc(Cn2cc(I)cn2)c(Br)c1. The summed E-state index contributed by atoms with van der Waals surface area (Å²) in [4.78, 5) is 0. The second-order valence-electron chi connectivity index (χ2n) is 3.49. The van der Waals surface area contributed by atoms with E-state index in [1.807, 2.05) is 17.1 Å². The predicted molar refractivity (Wildman–Crippen MR) is 76.1 cm³/mol. The molecule has 0 aliphatic rings. The van der Waals surface area contributed by atoms with E-state index in [2.05, 4.69) is 61.8 Å². The Hall–Kier alpha value is -0.400. The summed E-state index contributed by atoms with van der Waals surface area (Å²) in [6.07, 6.45) is 3.87. The molecular formula is C11H11BrIN3. The van der Waals surface area contributed by atoms with Crippen LogP contribution < -0.4 is 5.73 Å². The highest BCUT2D eigenvalue weighted by molar-refractivity contribution is 14.1. The van der Waals surface area contributed by atoms with Crippen LogP contribution in [-0.4, -0.2) is 9.78 Å². The molecule has 0 amide bonds. The average Bonchev–Trinajstić information content (AvgIpc) is 2.67. The summed E-state index contributed by atoms with van der Waals surface area (Å²) >= 11 is 5.81. The topological polar surface area (TPSA) is 43.8 Å². The highest BCUT2D eigenvalue weighted by atomic mass is 127. The Balaban J connectivity index is 2.21. The van der Waals surface area contributed by atoms with Crippen LogP contribution in [0.25, 0.3) is 0 Å². The van der Waals surface area contributed by atoms with Gasteiger partial charge in [0.1, 0.15) is 0 Å². The summed E-state index contributed by atoms with van der Waals surface area (Å²) in [5, 5.41) is 4.26. The maximum absolute atomic E-state index is 5.59. The number of hydrogen-bond acceptors (Lipinski definition) is 2. The lowest BCUT2D eigenvalue weighted by Gasteiger charge is -2.06. The van der Waals surface area contributed by atoms with Crippen molar-refractivity contribution in [1.82, 2.24) is 9.78 Å². The van der Waals surface area contributed by atoms with Crippen LogP contribution in [0.5, 0.6) is 0 Å². The molecule has 0 aliphatic heterocycles. The van der Waals surface area contributed by atoms with Gasteiger partial charge in [0, 0.05) is 17.2 Å². The van der Waals surface area contributed by atoms with Gasteiger partial charge >= 0.3 is 0 Å².